The van der Waals surface area contributed by atoms with Crippen molar-refractivity contribution in [3.05, 3.63) is 59.3 Å². The number of hydrogen-bond acceptors (Lipinski definition) is 5. The molecule has 0 spiro atoms. The number of anilines is 1. The third-order valence-corrected chi connectivity index (χ3v) is 6.23. The van der Waals surface area contributed by atoms with Crippen LogP contribution in [0.5, 0.6) is 0 Å². The van der Waals surface area contributed by atoms with Crippen molar-refractivity contribution in [2.75, 3.05) is 31.1 Å². The van der Waals surface area contributed by atoms with E-state index >= 15 is 0 Å². The Morgan fingerprint density at radius 3 is 2.54 bits per heavy atom. The molecular formula is C18H21N3O4S. The summed E-state index contributed by atoms with van der Waals surface area (Å²) in [6.45, 7) is 3.37. The van der Waals surface area contributed by atoms with Crippen LogP contribution in [0.1, 0.15) is 21.5 Å². The van der Waals surface area contributed by atoms with Crippen molar-refractivity contribution in [1.82, 2.24) is 9.29 Å². The fraction of sp³-hybridized carbons (Fsp3) is 0.333. The Bertz CT molecular complexity index is 906. The molecule has 138 valence electrons. The number of aromatic carboxylic acids is 1. The predicted molar refractivity (Wildman–Crippen MR) is 98.8 cm³/mol. The van der Waals surface area contributed by atoms with Crippen LogP contribution >= 0.6 is 0 Å². The van der Waals surface area contributed by atoms with E-state index in [1.165, 1.54) is 10.4 Å². The Hall–Kier alpha value is -2.45. The molecule has 1 N–H and O–H groups in total. The van der Waals surface area contributed by atoms with Crippen molar-refractivity contribution in [3.8, 4) is 0 Å². The van der Waals surface area contributed by atoms with E-state index in [2.05, 4.69) is 4.98 Å². The number of carboxylic acids is 1. The normalized spacial score (nSPS) is 15.8. The van der Waals surface area contributed by atoms with Crippen molar-refractivity contribution >= 4 is 21.8 Å². The smallest absolute Gasteiger partial charge is 0.339 e. The van der Waals surface area contributed by atoms with Crippen LogP contribution < -0.4 is 4.90 Å². The van der Waals surface area contributed by atoms with Gasteiger partial charge in [-0.15, -0.1) is 0 Å². The number of aryl methyl sites for hydroxylation is 1. The maximum atomic E-state index is 12.7. The molecule has 0 amide bonds. The molecule has 1 saturated heterocycles. The second-order valence-corrected chi connectivity index (χ2v) is 8.28. The first-order chi connectivity index (χ1) is 12.4. The molecule has 0 saturated carbocycles. The highest BCUT2D eigenvalue weighted by molar-refractivity contribution is 7.88. The van der Waals surface area contributed by atoms with Gasteiger partial charge in [-0.25, -0.2) is 18.2 Å². The van der Waals surface area contributed by atoms with Crippen LogP contribution in [0.3, 0.4) is 0 Å². The average molecular weight is 375 g/mol. The van der Waals surface area contributed by atoms with Crippen LogP contribution in [-0.2, 0) is 15.8 Å². The largest absolute Gasteiger partial charge is 0.478 e. The summed E-state index contributed by atoms with van der Waals surface area (Å²) in [4.78, 5) is 17.3. The summed E-state index contributed by atoms with van der Waals surface area (Å²) in [6.07, 6.45) is 1.54. The second kappa shape index (κ2) is 7.43. The van der Waals surface area contributed by atoms with Gasteiger partial charge in [0.2, 0.25) is 10.0 Å². The number of rotatable bonds is 5. The summed E-state index contributed by atoms with van der Waals surface area (Å²) in [6, 6.07) is 10.6. The molecule has 26 heavy (non-hydrogen) atoms. The molecule has 8 heteroatoms. The number of aromatic nitrogens is 1. The molecule has 1 aliphatic heterocycles. The summed E-state index contributed by atoms with van der Waals surface area (Å²) in [5.74, 6) is -0.683. The molecule has 0 aliphatic carbocycles. The van der Waals surface area contributed by atoms with Gasteiger partial charge in [0.15, 0.2) is 0 Å². The highest BCUT2D eigenvalue weighted by Crippen LogP contribution is 2.21. The van der Waals surface area contributed by atoms with Gasteiger partial charge >= 0.3 is 5.97 Å². The van der Waals surface area contributed by atoms with Gasteiger partial charge in [0, 0.05) is 32.4 Å². The van der Waals surface area contributed by atoms with Crippen molar-refractivity contribution in [2.45, 2.75) is 12.7 Å². The quantitative estimate of drug-likeness (QED) is 0.856. The van der Waals surface area contributed by atoms with Crippen LogP contribution in [0.2, 0.25) is 0 Å². The van der Waals surface area contributed by atoms with E-state index in [9.17, 15) is 18.3 Å². The predicted octanol–water partition coefficient (Wildman–Crippen LogP) is 1.74. The SMILES string of the molecule is Cc1cccc(CS(=O)(=O)N2CCN(c3ncccc3C(=O)O)CC2)c1. The number of sulfonamides is 1. The lowest BCUT2D eigenvalue weighted by Crippen LogP contribution is -2.49. The summed E-state index contributed by atoms with van der Waals surface area (Å²) in [5.41, 5.74) is 1.92. The molecule has 2 aromatic rings. The molecule has 0 bridgehead atoms. The standard InChI is InChI=1S/C18H21N3O4S/c1-14-4-2-5-15(12-14)13-26(24,25)21-10-8-20(9-11-21)17-16(18(22)23)6-3-7-19-17/h2-7,12H,8-11,13H2,1H3,(H,22,23). The van der Waals surface area contributed by atoms with E-state index in [1.807, 2.05) is 36.1 Å². The van der Waals surface area contributed by atoms with Crippen LogP contribution in [0.25, 0.3) is 0 Å². The fourth-order valence-electron chi connectivity index (χ4n) is 3.10. The number of hydrogen-bond donors (Lipinski definition) is 1. The molecule has 0 radical (unpaired) electrons. The van der Waals surface area contributed by atoms with Gasteiger partial charge in [0.1, 0.15) is 11.4 Å². The second-order valence-electron chi connectivity index (χ2n) is 6.31. The van der Waals surface area contributed by atoms with E-state index in [-0.39, 0.29) is 11.3 Å². The van der Waals surface area contributed by atoms with Crippen LogP contribution in [-0.4, -0.2) is 55.0 Å². The maximum Gasteiger partial charge on any atom is 0.339 e. The van der Waals surface area contributed by atoms with E-state index in [0.29, 0.717) is 32.0 Å². The van der Waals surface area contributed by atoms with Crippen molar-refractivity contribution < 1.29 is 18.3 Å². The van der Waals surface area contributed by atoms with Gasteiger partial charge in [0.05, 0.1) is 5.75 Å². The first-order valence-electron chi connectivity index (χ1n) is 8.33. The first kappa shape index (κ1) is 18.3. The average Bonchev–Trinajstić information content (AvgIpc) is 2.61. The van der Waals surface area contributed by atoms with E-state index < -0.39 is 16.0 Å². The lowest BCUT2D eigenvalue weighted by atomic mass is 10.2. The lowest BCUT2D eigenvalue weighted by Gasteiger charge is -2.35. The summed E-state index contributed by atoms with van der Waals surface area (Å²) in [7, 11) is -3.42. The van der Waals surface area contributed by atoms with Gasteiger partial charge in [-0.1, -0.05) is 29.8 Å². The lowest BCUT2D eigenvalue weighted by molar-refractivity contribution is 0.0697. The summed E-state index contributed by atoms with van der Waals surface area (Å²) < 4.78 is 26.8. The topological polar surface area (TPSA) is 90.8 Å². The van der Waals surface area contributed by atoms with Gasteiger partial charge in [-0.3, -0.25) is 0 Å². The molecule has 1 fully saturated rings. The number of carboxylic acid groups (broad SMARTS) is 1. The minimum absolute atomic E-state index is 0.0291. The zero-order valence-electron chi connectivity index (χ0n) is 14.5. The van der Waals surface area contributed by atoms with Crippen LogP contribution in [0, 0.1) is 6.92 Å². The molecular weight excluding hydrogens is 354 g/mol. The fourth-order valence-corrected chi connectivity index (χ4v) is 4.60. The van der Waals surface area contributed by atoms with Crippen molar-refractivity contribution in [3.63, 3.8) is 0 Å². The van der Waals surface area contributed by atoms with Crippen molar-refractivity contribution in [2.24, 2.45) is 0 Å². The van der Waals surface area contributed by atoms with Crippen LogP contribution in [0.4, 0.5) is 5.82 Å². The third-order valence-electron chi connectivity index (χ3n) is 4.38. The number of pyridine rings is 1. The summed E-state index contributed by atoms with van der Waals surface area (Å²) >= 11 is 0. The number of piperazine rings is 1. The first-order valence-corrected chi connectivity index (χ1v) is 9.94. The minimum atomic E-state index is -3.42. The Morgan fingerprint density at radius 2 is 1.88 bits per heavy atom. The zero-order chi connectivity index (χ0) is 18.7. The molecule has 0 unspecified atom stereocenters. The Labute approximate surface area is 152 Å². The molecule has 1 aliphatic rings. The van der Waals surface area contributed by atoms with Crippen molar-refractivity contribution in [1.29, 1.82) is 0 Å². The van der Waals surface area contributed by atoms with E-state index in [1.54, 1.807) is 12.3 Å². The van der Waals surface area contributed by atoms with E-state index in [4.69, 9.17) is 0 Å². The number of carbonyl (C=O) groups is 1. The van der Waals surface area contributed by atoms with Gasteiger partial charge in [-0.2, -0.15) is 4.31 Å². The Balaban J connectivity index is 1.69. The van der Waals surface area contributed by atoms with Gasteiger partial charge in [0.25, 0.3) is 0 Å². The molecule has 2 heterocycles. The monoisotopic (exact) mass is 375 g/mol. The summed E-state index contributed by atoms with van der Waals surface area (Å²) in [5, 5.41) is 9.29. The molecule has 0 atom stereocenters. The molecule has 1 aromatic carbocycles. The van der Waals surface area contributed by atoms with Gasteiger partial charge in [-0.05, 0) is 24.6 Å². The molecule has 7 nitrogen and oxygen atoms in total. The molecule has 3 rings (SSSR count). The highest BCUT2D eigenvalue weighted by Gasteiger charge is 2.29. The third kappa shape index (κ3) is 4.03. The Kier molecular flexibility index (Phi) is 5.24. The highest BCUT2D eigenvalue weighted by atomic mass is 32.2. The number of nitrogens with zero attached hydrogens (tertiary/aromatic N) is 3. The molecule has 1 aromatic heterocycles. The zero-order valence-corrected chi connectivity index (χ0v) is 15.3. The maximum absolute atomic E-state index is 12.7. The minimum Gasteiger partial charge on any atom is -0.478 e. The van der Waals surface area contributed by atoms with Gasteiger partial charge < -0.3 is 10.0 Å². The number of benzene rings is 1. The van der Waals surface area contributed by atoms with E-state index in [0.717, 1.165) is 11.1 Å². The Morgan fingerprint density at radius 1 is 1.15 bits per heavy atom. The van der Waals surface area contributed by atoms with Crippen LogP contribution in [0.15, 0.2) is 42.6 Å².